The molecule has 4 nitrogen and oxygen atoms in total. The fourth-order valence-corrected chi connectivity index (χ4v) is 2.53. The summed E-state index contributed by atoms with van der Waals surface area (Å²) in [6, 6.07) is 5.34. The summed E-state index contributed by atoms with van der Waals surface area (Å²) in [6.07, 6.45) is -3.65. The molecule has 2 rings (SSSR count). The summed E-state index contributed by atoms with van der Waals surface area (Å²) >= 11 is 17.0. The lowest BCUT2D eigenvalue weighted by atomic mass is 10.1. The van der Waals surface area contributed by atoms with E-state index in [2.05, 4.69) is 5.10 Å². The van der Waals surface area contributed by atoms with E-state index in [1.165, 1.54) is 12.1 Å². The third kappa shape index (κ3) is 4.78. The molecule has 0 aromatic heterocycles. The minimum atomic E-state index is -4.69. The van der Waals surface area contributed by atoms with Crippen molar-refractivity contribution in [2.45, 2.75) is 6.18 Å². The predicted octanol–water partition coefficient (Wildman–Crippen LogP) is 5.14. The number of amides is 1. The lowest BCUT2D eigenvalue weighted by Crippen LogP contribution is -2.18. The molecule has 0 spiro atoms. The average Bonchev–Trinajstić information content (AvgIpc) is 2.51. The maximum atomic E-state index is 12.8. The summed E-state index contributed by atoms with van der Waals surface area (Å²) in [5.74, 6) is -1.21. The van der Waals surface area contributed by atoms with Gasteiger partial charge in [0.2, 0.25) is 0 Å². The fraction of sp³-hybridized carbons (Fsp3) is 0.0667. The maximum absolute atomic E-state index is 12.8. The van der Waals surface area contributed by atoms with E-state index in [4.69, 9.17) is 34.8 Å². The van der Waals surface area contributed by atoms with Crippen molar-refractivity contribution in [1.29, 1.82) is 0 Å². The zero-order valence-corrected chi connectivity index (χ0v) is 14.3. The Morgan fingerprint density at radius 2 is 1.80 bits per heavy atom. The first-order valence-corrected chi connectivity index (χ1v) is 7.61. The SMILES string of the molecule is O=C(N/N=C/c1cc(Cl)cc(Cl)c1O)c1ccc(Cl)c(C(F)(F)F)c1. The summed E-state index contributed by atoms with van der Waals surface area (Å²) in [7, 11) is 0. The van der Waals surface area contributed by atoms with Crippen molar-refractivity contribution in [3.8, 4) is 5.75 Å². The highest BCUT2D eigenvalue weighted by molar-refractivity contribution is 6.36. The molecule has 0 bridgehead atoms. The predicted molar refractivity (Wildman–Crippen MR) is 89.6 cm³/mol. The molecule has 1 amide bonds. The quantitative estimate of drug-likeness (QED) is 0.543. The van der Waals surface area contributed by atoms with Crippen LogP contribution in [0.3, 0.4) is 0 Å². The minimum Gasteiger partial charge on any atom is -0.506 e. The largest absolute Gasteiger partial charge is 0.506 e. The van der Waals surface area contributed by atoms with Gasteiger partial charge in [-0.3, -0.25) is 4.79 Å². The number of rotatable bonds is 3. The molecular weight excluding hydrogens is 404 g/mol. The van der Waals surface area contributed by atoms with Gasteiger partial charge in [0, 0.05) is 16.1 Å². The molecule has 0 unspecified atom stereocenters. The van der Waals surface area contributed by atoms with Crippen LogP contribution in [0.5, 0.6) is 5.75 Å². The molecule has 2 N–H and O–H groups in total. The third-order valence-corrected chi connectivity index (χ3v) is 3.80. The van der Waals surface area contributed by atoms with Crippen LogP contribution in [0.15, 0.2) is 35.4 Å². The van der Waals surface area contributed by atoms with Gasteiger partial charge in [0.05, 0.1) is 21.8 Å². The number of nitrogens with one attached hydrogen (secondary N) is 1. The van der Waals surface area contributed by atoms with E-state index in [0.717, 1.165) is 18.3 Å². The van der Waals surface area contributed by atoms with Crippen molar-refractivity contribution in [2.75, 3.05) is 0 Å². The normalized spacial score (nSPS) is 11.8. The van der Waals surface area contributed by atoms with Crippen molar-refractivity contribution in [3.05, 3.63) is 62.1 Å². The molecule has 2 aromatic rings. The first kappa shape index (κ1) is 19.4. The van der Waals surface area contributed by atoms with Gasteiger partial charge < -0.3 is 5.11 Å². The van der Waals surface area contributed by atoms with Gasteiger partial charge in [0.15, 0.2) is 0 Å². The van der Waals surface area contributed by atoms with E-state index < -0.39 is 22.7 Å². The molecule has 10 heteroatoms. The Kier molecular flexibility index (Phi) is 5.82. The first-order chi connectivity index (χ1) is 11.6. The third-order valence-electron chi connectivity index (χ3n) is 2.96. The Hall–Kier alpha value is -1.96. The summed E-state index contributed by atoms with van der Waals surface area (Å²) in [6.45, 7) is 0. The summed E-state index contributed by atoms with van der Waals surface area (Å²) < 4.78 is 38.4. The number of hydrogen-bond acceptors (Lipinski definition) is 3. The molecule has 0 saturated heterocycles. The van der Waals surface area contributed by atoms with Crippen molar-refractivity contribution in [2.24, 2.45) is 5.10 Å². The number of phenolic OH excluding ortho intramolecular Hbond substituents is 1. The fourth-order valence-electron chi connectivity index (χ4n) is 1.79. The lowest BCUT2D eigenvalue weighted by Gasteiger charge is -2.10. The van der Waals surface area contributed by atoms with Gasteiger partial charge in [0.25, 0.3) is 5.91 Å². The number of phenols is 1. The van der Waals surface area contributed by atoms with Crippen LogP contribution in [0.25, 0.3) is 0 Å². The molecule has 2 aromatic carbocycles. The van der Waals surface area contributed by atoms with Crippen LogP contribution in [-0.4, -0.2) is 17.2 Å². The number of hydrogen-bond donors (Lipinski definition) is 2. The second kappa shape index (κ2) is 7.51. The number of carbonyl (C=O) groups excluding carboxylic acids is 1. The highest BCUT2D eigenvalue weighted by Crippen LogP contribution is 2.35. The van der Waals surface area contributed by atoms with E-state index in [9.17, 15) is 23.1 Å². The van der Waals surface area contributed by atoms with Crippen LogP contribution in [-0.2, 0) is 6.18 Å². The molecule has 0 aliphatic carbocycles. The van der Waals surface area contributed by atoms with Crippen molar-refractivity contribution < 1.29 is 23.1 Å². The van der Waals surface area contributed by atoms with Crippen LogP contribution in [0.4, 0.5) is 13.2 Å². The smallest absolute Gasteiger partial charge is 0.417 e. The van der Waals surface area contributed by atoms with Crippen LogP contribution < -0.4 is 5.43 Å². The highest BCUT2D eigenvalue weighted by atomic mass is 35.5. The molecule has 0 radical (unpaired) electrons. The van der Waals surface area contributed by atoms with E-state index in [1.54, 1.807) is 0 Å². The Balaban J connectivity index is 2.19. The van der Waals surface area contributed by atoms with Gasteiger partial charge in [-0.15, -0.1) is 0 Å². The summed E-state index contributed by atoms with van der Waals surface area (Å²) in [5, 5.41) is 13.0. The molecule has 0 aliphatic rings. The topological polar surface area (TPSA) is 61.7 Å². The van der Waals surface area contributed by atoms with Crippen molar-refractivity contribution >= 4 is 46.9 Å². The molecule has 25 heavy (non-hydrogen) atoms. The number of hydrazone groups is 1. The Morgan fingerprint density at radius 3 is 2.44 bits per heavy atom. The first-order valence-electron chi connectivity index (χ1n) is 6.47. The Bertz CT molecular complexity index is 855. The molecule has 0 heterocycles. The highest BCUT2D eigenvalue weighted by Gasteiger charge is 2.33. The molecule has 0 aliphatic heterocycles. The van der Waals surface area contributed by atoms with E-state index in [-0.39, 0.29) is 26.9 Å². The van der Waals surface area contributed by atoms with Gasteiger partial charge in [0.1, 0.15) is 5.75 Å². The van der Waals surface area contributed by atoms with Gasteiger partial charge in [-0.25, -0.2) is 5.43 Å². The molecule has 0 atom stereocenters. The van der Waals surface area contributed by atoms with Crippen molar-refractivity contribution in [1.82, 2.24) is 5.43 Å². The zero-order valence-electron chi connectivity index (χ0n) is 12.0. The number of alkyl halides is 3. The summed E-state index contributed by atoms with van der Waals surface area (Å²) in [5.41, 5.74) is 0.726. The van der Waals surface area contributed by atoms with Gasteiger partial charge in [-0.2, -0.15) is 18.3 Å². The average molecular weight is 412 g/mol. The standard InChI is InChI=1S/C15H8Cl3F3N2O2/c16-9-3-8(13(24)12(18)5-9)6-22-23-14(25)7-1-2-11(17)10(4-7)15(19,20)21/h1-6,24H,(H,23,25)/b22-6+. The second-order valence-electron chi connectivity index (χ2n) is 4.72. The minimum absolute atomic E-state index is 0.0206. The number of aromatic hydroxyl groups is 1. The molecule has 0 fully saturated rings. The zero-order chi connectivity index (χ0) is 18.8. The number of nitrogens with zero attached hydrogens (tertiary/aromatic N) is 1. The van der Waals surface area contributed by atoms with Crippen LogP contribution in [0, 0.1) is 0 Å². The molecule has 132 valence electrons. The van der Waals surface area contributed by atoms with E-state index in [0.29, 0.717) is 6.07 Å². The number of benzene rings is 2. The van der Waals surface area contributed by atoms with Crippen LogP contribution >= 0.6 is 34.8 Å². The van der Waals surface area contributed by atoms with Crippen LogP contribution in [0.2, 0.25) is 15.1 Å². The van der Waals surface area contributed by atoms with Gasteiger partial charge in [-0.1, -0.05) is 34.8 Å². The van der Waals surface area contributed by atoms with Gasteiger partial charge in [-0.05, 0) is 30.3 Å². The van der Waals surface area contributed by atoms with Crippen molar-refractivity contribution in [3.63, 3.8) is 0 Å². The number of carbonyl (C=O) groups is 1. The molecule has 0 saturated carbocycles. The van der Waals surface area contributed by atoms with E-state index >= 15 is 0 Å². The Labute approximate surface area is 154 Å². The molecular formula is C15H8Cl3F3N2O2. The van der Waals surface area contributed by atoms with Gasteiger partial charge >= 0.3 is 6.18 Å². The lowest BCUT2D eigenvalue weighted by molar-refractivity contribution is -0.137. The summed E-state index contributed by atoms with van der Waals surface area (Å²) in [4.78, 5) is 11.9. The monoisotopic (exact) mass is 410 g/mol. The maximum Gasteiger partial charge on any atom is 0.417 e. The second-order valence-corrected chi connectivity index (χ2v) is 5.97. The van der Waals surface area contributed by atoms with E-state index in [1.807, 2.05) is 5.43 Å². The Morgan fingerprint density at radius 1 is 1.12 bits per heavy atom. The van der Waals surface area contributed by atoms with Crippen LogP contribution in [0.1, 0.15) is 21.5 Å². The number of halogens is 6.